The molecule has 2 N–H and O–H groups in total. The van der Waals surface area contributed by atoms with Gasteiger partial charge in [-0.2, -0.15) is 0 Å². The Morgan fingerprint density at radius 1 is 0.449 bits per heavy atom. The summed E-state index contributed by atoms with van der Waals surface area (Å²) in [6.45, 7) is 6.90. The quantitative estimate of drug-likeness (QED) is 0.0205. The minimum Gasteiger partial charge on any atom is -0.456 e. The molecule has 0 saturated carbocycles. The molecule has 0 aliphatic carbocycles. The van der Waals surface area contributed by atoms with Crippen LogP contribution in [0.2, 0.25) is 0 Å². The molecule has 0 aliphatic heterocycles. The van der Waals surface area contributed by atoms with Crippen molar-refractivity contribution in [2.24, 2.45) is 0 Å². The van der Waals surface area contributed by atoms with Gasteiger partial charge < -0.3 is 19.4 Å². The predicted molar refractivity (Wildman–Crippen MR) is 337 cm³/mol. The van der Waals surface area contributed by atoms with Crippen LogP contribution in [0.1, 0.15) is 258 Å². The van der Waals surface area contributed by atoms with Gasteiger partial charge in [0, 0.05) is 12.8 Å². The number of unbranched alkanes of at least 4 members (excludes halogenated alkanes) is 24. The molecule has 3 atom stereocenters. The van der Waals surface area contributed by atoms with Crippen molar-refractivity contribution in [1.29, 1.82) is 0 Å². The van der Waals surface area contributed by atoms with Gasteiger partial charge in [-0.15, -0.1) is 0 Å². The maximum absolute atomic E-state index is 13.6. The van der Waals surface area contributed by atoms with Gasteiger partial charge in [-0.05, 0) is 115 Å². The number of amides is 1. The molecule has 3 unspecified atom stereocenters. The molecule has 9 nitrogen and oxygen atoms in total. The summed E-state index contributed by atoms with van der Waals surface area (Å²) in [5, 5.41) is 3.04. The van der Waals surface area contributed by atoms with Crippen LogP contribution in [-0.2, 0) is 27.9 Å². The lowest BCUT2D eigenvalue weighted by molar-refractivity contribution is -0.870. The van der Waals surface area contributed by atoms with Crippen molar-refractivity contribution in [2.75, 3.05) is 40.9 Å². The number of quaternary nitrogens is 1. The zero-order valence-electron chi connectivity index (χ0n) is 51.1. The van der Waals surface area contributed by atoms with Crippen LogP contribution in [0, 0.1) is 0 Å². The van der Waals surface area contributed by atoms with Crippen molar-refractivity contribution >= 4 is 19.7 Å². The number of ether oxygens (including phenoxy) is 1. The van der Waals surface area contributed by atoms with Gasteiger partial charge in [0.05, 0.1) is 33.8 Å². The monoisotopic (exact) mass is 1110 g/mol. The van der Waals surface area contributed by atoms with Crippen molar-refractivity contribution < 1.29 is 37.3 Å². The summed E-state index contributed by atoms with van der Waals surface area (Å²) < 4.78 is 30.6. The van der Waals surface area contributed by atoms with Gasteiger partial charge in [0.15, 0.2) is 0 Å². The second kappa shape index (κ2) is 56.9. The molecular formula is C68H120N2O7P+. The number of allylic oxidation sites excluding steroid dienone is 17. The van der Waals surface area contributed by atoms with Crippen LogP contribution < -0.4 is 5.32 Å². The summed E-state index contributed by atoms with van der Waals surface area (Å²) in [6, 6.07) is -0.883. The van der Waals surface area contributed by atoms with Crippen LogP contribution in [-0.4, -0.2) is 74.3 Å². The average molecular weight is 1110 g/mol. The van der Waals surface area contributed by atoms with E-state index in [4.69, 9.17) is 13.8 Å². The van der Waals surface area contributed by atoms with Gasteiger partial charge in [0.2, 0.25) is 5.91 Å². The number of carbonyl (C=O) groups is 2. The maximum Gasteiger partial charge on any atom is 0.472 e. The molecule has 0 aromatic heterocycles. The maximum atomic E-state index is 13.6. The zero-order valence-corrected chi connectivity index (χ0v) is 52.0. The minimum atomic E-state index is -4.47. The van der Waals surface area contributed by atoms with Crippen LogP contribution in [0.5, 0.6) is 0 Å². The largest absolute Gasteiger partial charge is 0.472 e. The number of carbonyl (C=O) groups excluding carboxylic acids is 2. The number of likely N-dealkylation sites (N-methyl/N-ethyl adjacent to an activating group) is 1. The van der Waals surface area contributed by atoms with Gasteiger partial charge in [0.1, 0.15) is 19.3 Å². The molecule has 0 bridgehead atoms. The van der Waals surface area contributed by atoms with Crippen LogP contribution in [0.3, 0.4) is 0 Å². The molecule has 0 aliphatic rings. The normalized spacial score (nSPS) is 14.4. The number of rotatable bonds is 56. The van der Waals surface area contributed by atoms with E-state index < -0.39 is 20.0 Å². The Hall–Kier alpha value is -3.33. The molecule has 448 valence electrons. The number of hydrogen-bond acceptors (Lipinski definition) is 6. The highest BCUT2D eigenvalue weighted by molar-refractivity contribution is 7.47. The first-order valence-corrected chi connectivity index (χ1v) is 33.2. The van der Waals surface area contributed by atoms with Gasteiger partial charge in [-0.1, -0.05) is 240 Å². The summed E-state index contributed by atoms with van der Waals surface area (Å²) in [5.74, 6) is -0.588. The van der Waals surface area contributed by atoms with E-state index in [1.807, 2.05) is 33.3 Å². The molecular weight excluding hydrogens is 988 g/mol. The van der Waals surface area contributed by atoms with Crippen LogP contribution in [0.15, 0.2) is 109 Å². The molecule has 10 heteroatoms. The van der Waals surface area contributed by atoms with E-state index in [2.05, 4.69) is 123 Å². The summed E-state index contributed by atoms with van der Waals surface area (Å²) in [6.07, 6.45) is 78.0. The van der Waals surface area contributed by atoms with Crippen molar-refractivity contribution in [1.82, 2.24) is 5.32 Å². The summed E-state index contributed by atoms with van der Waals surface area (Å²) >= 11 is 0. The Kier molecular flexibility index (Phi) is 54.5. The molecule has 1 amide bonds. The molecule has 0 aromatic carbocycles. The van der Waals surface area contributed by atoms with Gasteiger partial charge in [-0.25, -0.2) is 4.57 Å². The molecule has 0 saturated heterocycles. The number of phosphoric ester groups is 1. The first kappa shape index (κ1) is 74.7. The summed E-state index contributed by atoms with van der Waals surface area (Å²) in [5.41, 5.74) is 0. The van der Waals surface area contributed by atoms with E-state index in [1.165, 1.54) is 122 Å². The molecule has 0 rings (SSSR count). The van der Waals surface area contributed by atoms with Crippen LogP contribution in [0.25, 0.3) is 0 Å². The predicted octanol–water partition coefficient (Wildman–Crippen LogP) is 19.7. The van der Waals surface area contributed by atoms with Crippen molar-refractivity contribution in [3.05, 3.63) is 109 Å². The third-order valence-electron chi connectivity index (χ3n) is 13.4. The van der Waals surface area contributed by atoms with Crippen LogP contribution in [0.4, 0.5) is 0 Å². The lowest BCUT2D eigenvalue weighted by Crippen LogP contribution is -2.47. The lowest BCUT2D eigenvalue weighted by Gasteiger charge is -2.27. The highest BCUT2D eigenvalue weighted by atomic mass is 31.2. The second-order valence-corrected chi connectivity index (χ2v) is 23.7. The average Bonchev–Trinajstić information content (AvgIpc) is 3.40. The fourth-order valence-corrected chi connectivity index (χ4v) is 9.24. The Bertz CT molecular complexity index is 1700. The Balaban J connectivity index is 5.32. The molecule has 0 fully saturated rings. The standard InChI is InChI=1S/C68H119N2O7P/c1-7-10-13-16-19-22-25-28-30-32-33-34-35-36-37-39-40-42-45-48-51-54-57-60-67(71)69-65(64-76-78(73,74)75-63-62-70(4,5)6)66(59-56-53-50-47-44-27-24-21-18-15-12-9-3)77-68(72)61-58-55-52-49-46-43-41-38-31-29-26-23-20-17-14-11-8-2/h19-20,22-23,28-31,33-34,36-37,41,43,49,52,56,59,65-66H,7-18,21,24-27,32,35,38-40,42,44-48,50-51,53-55,57-58,60-64H2,1-6H3,(H-,69,71,73,74)/p+1/b22-19-,23-20-,30-28-,31-29-,34-33-,37-36-,43-41-,52-49-,59-56-. The Labute approximate surface area is 481 Å². The molecule has 78 heavy (non-hydrogen) atoms. The molecule has 0 radical (unpaired) electrons. The number of phosphoric acid groups is 1. The minimum absolute atomic E-state index is 0.0241. The van der Waals surface area contributed by atoms with Crippen LogP contribution >= 0.6 is 7.82 Å². The van der Waals surface area contributed by atoms with E-state index in [9.17, 15) is 19.0 Å². The first-order valence-electron chi connectivity index (χ1n) is 31.7. The zero-order chi connectivity index (χ0) is 57.2. The van der Waals surface area contributed by atoms with E-state index >= 15 is 0 Å². The van der Waals surface area contributed by atoms with E-state index in [0.717, 1.165) is 96.3 Å². The fourth-order valence-electron chi connectivity index (χ4n) is 8.50. The number of esters is 1. The number of hydrogen-bond donors (Lipinski definition) is 2. The smallest absolute Gasteiger partial charge is 0.456 e. The van der Waals surface area contributed by atoms with E-state index in [1.54, 1.807) is 0 Å². The van der Waals surface area contributed by atoms with E-state index in [-0.39, 0.29) is 31.5 Å². The SMILES string of the molecule is CCCCC/C=C\C/C=C\C/C=C\C/C=C\CCCCCCCCCC(=O)NC(COP(=O)(O)OCC[N+](C)(C)C)C(/C=C\CCCCCCCCCCCC)OC(=O)CCC/C=C\C/C=C\C/C=C\C/C=C\CCCCC. The fraction of sp³-hybridized carbons (Fsp3) is 0.706. The van der Waals surface area contributed by atoms with Gasteiger partial charge >= 0.3 is 13.8 Å². The highest BCUT2D eigenvalue weighted by Gasteiger charge is 2.30. The Morgan fingerprint density at radius 3 is 1.22 bits per heavy atom. The Morgan fingerprint density at radius 2 is 0.795 bits per heavy atom. The molecule has 0 aromatic rings. The van der Waals surface area contributed by atoms with E-state index in [0.29, 0.717) is 23.9 Å². The van der Waals surface area contributed by atoms with Gasteiger partial charge in [0.25, 0.3) is 0 Å². The highest BCUT2D eigenvalue weighted by Crippen LogP contribution is 2.43. The van der Waals surface area contributed by atoms with Crippen molar-refractivity contribution in [3.63, 3.8) is 0 Å². The van der Waals surface area contributed by atoms with Crippen molar-refractivity contribution in [2.45, 2.75) is 270 Å². The van der Waals surface area contributed by atoms with Crippen molar-refractivity contribution in [3.8, 4) is 0 Å². The second-order valence-electron chi connectivity index (χ2n) is 22.2. The number of nitrogens with one attached hydrogen (secondary N) is 1. The first-order chi connectivity index (χ1) is 37.9. The summed E-state index contributed by atoms with van der Waals surface area (Å²) in [4.78, 5) is 37.7. The third kappa shape index (κ3) is 57.4. The topological polar surface area (TPSA) is 111 Å². The molecule has 0 heterocycles. The molecule has 0 spiro atoms. The summed E-state index contributed by atoms with van der Waals surface area (Å²) in [7, 11) is 1.45. The third-order valence-corrected chi connectivity index (χ3v) is 14.4. The lowest BCUT2D eigenvalue weighted by atomic mass is 10.0. The van der Waals surface area contributed by atoms with Gasteiger partial charge in [-0.3, -0.25) is 18.6 Å². The number of nitrogens with zero attached hydrogens (tertiary/aromatic N) is 1.